The van der Waals surface area contributed by atoms with Crippen LogP contribution in [0.1, 0.15) is 33.1 Å². The first kappa shape index (κ1) is 12.7. The second-order valence-electron chi connectivity index (χ2n) is 4.78. The molecule has 2 aliphatic rings. The van der Waals surface area contributed by atoms with E-state index in [-0.39, 0.29) is 16.7 Å². The number of likely N-dealkylation sites (tertiary alicyclic amines) is 1. The van der Waals surface area contributed by atoms with Crippen molar-refractivity contribution >= 4 is 23.6 Å². The summed E-state index contributed by atoms with van der Waals surface area (Å²) in [6.07, 6.45) is 2.44. The van der Waals surface area contributed by atoms with Gasteiger partial charge in [-0.3, -0.25) is 9.59 Å². The number of carbonyl (C=O) groups excluding carboxylic acids is 2. The number of hydrogen-bond acceptors (Lipinski definition) is 3. The van der Waals surface area contributed by atoms with E-state index in [4.69, 9.17) is 0 Å². The average molecular weight is 256 g/mol. The highest BCUT2D eigenvalue weighted by atomic mass is 32.2. The number of carbonyl (C=O) groups is 2. The third-order valence-corrected chi connectivity index (χ3v) is 5.06. The lowest BCUT2D eigenvalue weighted by molar-refractivity contribution is -0.133. The summed E-state index contributed by atoms with van der Waals surface area (Å²) in [5, 5.41) is 0. The monoisotopic (exact) mass is 256 g/mol. The quantitative estimate of drug-likeness (QED) is 0.748. The van der Waals surface area contributed by atoms with Crippen molar-refractivity contribution in [3.63, 3.8) is 0 Å². The van der Waals surface area contributed by atoms with Gasteiger partial charge < -0.3 is 9.80 Å². The van der Waals surface area contributed by atoms with Gasteiger partial charge in [0.2, 0.25) is 11.8 Å². The van der Waals surface area contributed by atoms with Gasteiger partial charge in [0, 0.05) is 32.2 Å². The Hall–Kier alpha value is -0.710. The Morgan fingerprint density at radius 2 is 2.12 bits per heavy atom. The Bertz CT molecular complexity index is 334. The SMILES string of the molecule is CCCC(=O)N1CCC2(C1)SCCN2C(C)=O. The van der Waals surface area contributed by atoms with Crippen LogP contribution in [0.15, 0.2) is 0 Å². The van der Waals surface area contributed by atoms with Crippen molar-refractivity contribution in [3.05, 3.63) is 0 Å². The van der Waals surface area contributed by atoms with Gasteiger partial charge in [0.1, 0.15) is 4.87 Å². The highest BCUT2D eigenvalue weighted by Gasteiger charge is 2.48. The van der Waals surface area contributed by atoms with Gasteiger partial charge in [-0.05, 0) is 12.8 Å². The van der Waals surface area contributed by atoms with E-state index >= 15 is 0 Å². The average Bonchev–Trinajstić information content (AvgIpc) is 2.87. The highest BCUT2D eigenvalue weighted by molar-refractivity contribution is 8.00. The maximum Gasteiger partial charge on any atom is 0.222 e. The van der Waals surface area contributed by atoms with Gasteiger partial charge in [-0.15, -0.1) is 11.8 Å². The van der Waals surface area contributed by atoms with Crippen molar-refractivity contribution < 1.29 is 9.59 Å². The molecule has 2 fully saturated rings. The molecular weight excluding hydrogens is 236 g/mol. The summed E-state index contributed by atoms with van der Waals surface area (Å²) < 4.78 is 0. The van der Waals surface area contributed by atoms with Crippen LogP contribution in [0.25, 0.3) is 0 Å². The fourth-order valence-electron chi connectivity index (χ4n) is 2.74. The zero-order valence-corrected chi connectivity index (χ0v) is 11.4. The van der Waals surface area contributed by atoms with E-state index in [1.807, 2.05) is 28.5 Å². The Morgan fingerprint density at radius 3 is 2.76 bits per heavy atom. The summed E-state index contributed by atoms with van der Waals surface area (Å²) in [7, 11) is 0. The molecule has 0 aromatic heterocycles. The van der Waals surface area contributed by atoms with Gasteiger partial charge >= 0.3 is 0 Å². The number of amides is 2. The van der Waals surface area contributed by atoms with E-state index in [1.54, 1.807) is 6.92 Å². The fourth-order valence-corrected chi connectivity index (χ4v) is 4.25. The summed E-state index contributed by atoms with van der Waals surface area (Å²) in [5.41, 5.74) is 0. The molecule has 0 radical (unpaired) electrons. The molecule has 96 valence electrons. The molecule has 2 heterocycles. The first-order valence-corrected chi connectivity index (χ1v) is 7.27. The van der Waals surface area contributed by atoms with Gasteiger partial charge in [-0.1, -0.05) is 6.92 Å². The Morgan fingerprint density at radius 1 is 1.35 bits per heavy atom. The van der Waals surface area contributed by atoms with E-state index in [9.17, 15) is 9.59 Å². The van der Waals surface area contributed by atoms with E-state index in [2.05, 4.69) is 0 Å². The van der Waals surface area contributed by atoms with Crippen LogP contribution in [0, 0.1) is 0 Å². The van der Waals surface area contributed by atoms with Crippen LogP contribution >= 0.6 is 11.8 Å². The number of rotatable bonds is 2. The molecule has 1 spiro atoms. The second-order valence-corrected chi connectivity index (χ2v) is 6.24. The van der Waals surface area contributed by atoms with Crippen molar-refractivity contribution in [3.8, 4) is 0 Å². The number of thioether (sulfide) groups is 1. The second kappa shape index (κ2) is 4.88. The maximum absolute atomic E-state index is 11.9. The van der Waals surface area contributed by atoms with Crippen molar-refractivity contribution in [1.82, 2.24) is 9.80 Å². The normalized spacial score (nSPS) is 28.1. The molecule has 0 aliphatic carbocycles. The first-order chi connectivity index (χ1) is 8.09. The van der Waals surface area contributed by atoms with Gasteiger partial charge in [-0.2, -0.15) is 0 Å². The minimum Gasteiger partial charge on any atom is -0.339 e. The Balaban J connectivity index is 2.05. The molecule has 2 saturated heterocycles. The molecule has 0 aromatic rings. The largest absolute Gasteiger partial charge is 0.339 e. The highest BCUT2D eigenvalue weighted by Crippen LogP contribution is 2.43. The van der Waals surface area contributed by atoms with Crippen molar-refractivity contribution in [2.75, 3.05) is 25.4 Å². The molecule has 0 aromatic carbocycles. The van der Waals surface area contributed by atoms with Crippen LogP contribution in [0.5, 0.6) is 0 Å². The van der Waals surface area contributed by atoms with E-state index < -0.39 is 0 Å². The fraction of sp³-hybridized carbons (Fsp3) is 0.833. The Labute approximate surface area is 107 Å². The van der Waals surface area contributed by atoms with Crippen LogP contribution in [-0.2, 0) is 9.59 Å². The number of hydrogen-bond donors (Lipinski definition) is 0. The lowest BCUT2D eigenvalue weighted by atomic mass is 10.2. The minimum atomic E-state index is -0.116. The summed E-state index contributed by atoms with van der Waals surface area (Å²) in [4.78, 5) is 27.3. The number of nitrogens with zero attached hydrogens (tertiary/aromatic N) is 2. The van der Waals surface area contributed by atoms with Crippen LogP contribution < -0.4 is 0 Å². The van der Waals surface area contributed by atoms with Crippen LogP contribution in [0.4, 0.5) is 0 Å². The third kappa shape index (κ3) is 2.30. The third-order valence-electron chi connectivity index (χ3n) is 3.58. The molecule has 1 unspecified atom stereocenters. The summed E-state index contributed by atoms with van der Waals surface area (Å²) >= 11 is 1.84. The molecule has 0 bridgehead atoms. The molecule has 0 saturated carbocycles. The summed E-state index contributed by atoms with van der Waals surface area (Å²) in [6.45, 7) is 6.00. The van der Waals surface area contributed by atoms with Crippen LogP contribution in [-0.4, -0.2) is 51.9 Å². The standard InChI is InChI=1S/C12H20N2O2S/c1-3-4-11(16)13-6-5-12(9-13)14(10(2)15)7-8-17-12/h3-9H2,1-2H3. The topological polar surface area (TPSA) is 40.6 Å². The van der Waals surface area contributed by atoms with Crippen molar-refractivity contribution in [2.24, 2.45) is 0 Å². The van der Waals surface area contributed by atoms with E-state index in [0.717, 1.165) is 38.2 Å². The lowest BCUT2D eigenvalue weighted by Gasteiger charge is -2.33. The lowest BCUT2D eigenvalue weighted by Crippen LogP contribution is -2.47. The molecule has 4 nitrogen and oxygen atoms in total. The molecule has 5 heteroatoms. The van der Waals surface area contributed by atoms with Gasteiger partial charge in [0.25, 0.3) is 0 Å². The zero-order valence-electron chi connectivity index (χ0n) is 10.6. The van der Waals surface area contributed by atoms with E-state index in [1.165, 1.54) is 0 Å². The molecule has 2 aliphatic heterocycles. The minimum absolute atomic E-state index is 0.116. The molecular formula is C12H20N2O2S. The van der Waals surface area contributed by atoms with Gasteiger partial charge in [-0.25, -0.2) is 0 Å². The van der Waals surface area contributed by atoms with Gasteiger partial charge in [0.05, 0.1) is 6.54 Å². The van der Waals surface area contributed by atoms with Crippen LogP contribution in [0.2, 0.25) is 0 Å². The summed E-state index contributed by atoms with van der Waals surface area (Å²) in [6, 6.07) is 0. The Kier molecular flexibility index (Phi) is 3.66. The predicted octanol–water partition coefficient (Wildman–Crippen LogP) is 1.31. The molecule has 2 rings (SSSR count). The molecule has 1 atom stereocenters. The zero-order chi connectivity index (χ0) is 12.5. The van der Waals surface area contributed by atoms with Crippen LogP contribution in [0.3, 0.4) is 0 Å². The molecule has 17 heavy (non-hydrogen) atoms. The first-order valence-electron chi connectivity index (χ1n) is 6.29. The maximum atomic E-state index is 11.9. The summed E-state index contributed by atoms with van der Waals surface area (Å²) in [5.74, 6) is 1.37. The van der Waals surface area contributed by atoms with Crippen molar-refractivity contribution in [1.29, 1.82) is 0 Å². The molecule has 0 N–H and O–H groups in total. The predicted molar refractivity (Wildman–Crippen MR) is 68.7 cm³/mol. The van der Waals surface area contributed by atoms with E-state index in [0.29, 0.717) is 6.42 Å². The van der Waals surface area contributed by atoms with Gasteiger partial charge in [0.15, 0.2) is 0 Å². The van der Waals surface area contributed by atoms with Crippen molar-refractivity contribution in [2.45, 2.75) is 38.0 Å². The smallest absolute Gasteiger partial charge is 0.222 e. The molecule has 2 amide bonds.